The molecule has 0 spiro atoms. The van der Waals surface area contributed by atoms with Crippen molar-refractivity contribution in [2.24, 2.45) is 0 Å². The number of carbonyl (C=O) groups excluding carboxylic acids is 2. The first-order valence-electron chi connectivity index (χ1n) is 12.9. The maximum atomic E-state index is 13.1. The predicted octanol–water partition coefficient (Wildman–Crippen LogP) is 6.78. The summed E-state index contributed by atoms with van der Waals surface area (Å²) in [7, 11) is 1.40. The molecule has 11 heteroatoms. The monoisotopic (exact) mass is 564 g/mol. The van der Waals surface area contributed by atoms with E-state index >= 15 is 0 Å². The smallest absolute Gasteiger partial charge is 0.416 e. The molecule has 212 valence electrons. The molecule has 5 rings (SSSR count). The van der Waals surface area contributed by atoms with Gasteiger partial charge in [0.25, 0.3) is 0 Å². The molecule has 1 aromatic heterocycles. The number of halogens is 3. The van der Waals surface area contributed by atoms with Gasteiger partial charge in [0.2, 0.25) is 0 Å². The van der Waals surface area contributed by atoms with Crippen molar-refractivity contribution in [3.8, 4) is 16.8 Å². The molecule has 1 heterocycles. The molecule has 1 aliphatic rings. The molecule has 1 atom stereocenters. The van der Waals surface area contributed by atoms with Gasteiger partial charge in [-0.2, -0.15) is 17.9 Å². The highest BCUT2D eigenvalue weighted by atomic mass is 19.4. The van der Waals surface area contributed by atoms with Crippen LogP contribution in [0.4, 0.5) is 23.8 Å². The van der Waals surface area contributed by atoms with Crippen LogP contribution in [0.25, 0.3) is 16.8 Å². The Morgan fingerprint density at radius 2 is 1.63 bits per heavy atom. The van der Waals surface area contributed by atoms with Crippen LogP contribution in [0.15, 0.2) is 72.8 Å². The summed E-state index contributed by atoms with van der Waals surface area (Å²) >= 11 is 0. The van der Waals surface area contributed by atoms with Gasteiger partial charge in [-0.25, -0.2) is 4.79 Å². The van der Waals surface area contributed by atoms with Crippen LogP contribution in [0.1, 0.15) is 48.3 Å². The SMILES string of the molecule is COC(=O)C1(c2ccc(-c3ccc(-n4nnc(C)c4NC(=O)OC(C)c4cccc(C(F)(F)F)c4)cc3)cc2)CC1. The highest BCUT2D eigenvalue weighted by molar-refractivity contribution is 5.87. The van der Waals surface area contributed by atoms with E-state index in [9.17, 15) is 22.8 Å². The van der Waals surface area contributed by atoms with Crippen LogP contribution in [0, 0.1) is 6.92 Å². The minimum atomic E-state index is -4.50. The highest BCUT2D eigenvalue weighted by Gasteiger charge is 2.52. The van der Waals surface area contributed by atoms with Gasteiger partial charge >= 0.3 is 18.2 Å². The fraction of sp³-hybridized carbons (Fsp3) is 0.267. The van der Waals surface area contributed by atoms with Crippen LogP contribution < -0.4 is 5.32 Å². The fourth-order valence-corrected chi connectivity index (χ4v) is 4.71. The molecule has 0 saturated heterocycles. The lowest BCUT2D eigenvalue weighted by Crippen LogP contribution is -2.21. The zero-order valence-corrected chi connectivity index (χ0v) is 22.5. The fourth-order valence-electron chi connectivity index (χ4n) is 4.71. The first-order chi connectivity index (χ1) is 19.5. The molecule has 1 N–H and O–H groups in total. The Labute approximate surface area is 234 Å². The number of carbonyl (C=O) groups is 2. The Bertz CT molecular complexity index is 1580. The van der Waals surface area contributed by atoms with Crippen LogP contribution in [-0.4, -0.2) is 34.2 Å². The third kappa shape index (κ3) is 5.65. The molecule has 0 aliphatic heterocycles. The van der Waals surface area contributed by atoms with Crippen LogP contribution in [-0.2, 0) is 25.9 Å². The largest absolute Gasteiger partial charge is 0.468 e. The standard InChI is InChI=1S/C30H27F3N4O4/c1-18-26(34-28(39)41-19(2)22-5-4-6-24(17-22)30(31,32)33)37(36-35-18)25-13-9-21(10-14-25)20-7-11-23(12-8-20)29(15-16-29)27(38)40-3/h4-14,17,19H,15-16H2,1-3H3,(H,34,39). The van der Waals surface area contributed by atoms with E-state index in [-0.39, 0.29) is 17.4 Å². The molecule has 8 nitrogen and oxygen atoms in total. The molecular formula is C30H27F3N4O4. The second-order valence-electron chi connectivity index (χ2n) is 9.93. The lowest BCUT2D eigenvalue weighted by molar-refractivity contribution is -0.143. The predicted molar refractivity (Wildman–Crippen MR) is 144 cm³/mol. The van der Waals surface area contributed by atoms with Gasteiger partial charge in [0.1, 0.15) is 11.8 Å². The lowest BCUT2D eigenvalue weighted by Gasteiger charge is -2.16. The Balaban J connectivity index is 1.28. The minimum Gasteiger partial charge on any atom is -0.468 e. The summed E-state index contributed by atoms with van der Waals surface area (Å²) < 4.78 is 50.9. The minimum absolute atomic E-state index is 0.208. The summed E-state index contributed by atoms with van der Waals surface area (Å²) in [6.45, 7) is 3.15. The van der Waals surface area contributed by atoms with E-state index < -0.39 is 29.4 Å². The van der Waals surface area contributed by atoms with Crippen molar-refractivity contribution in [3.63, 3.8) is 0 Å². The Hall–Kier alpha value is -4.67. The Morgan fingerprint density at radius 3 is 2.22 bits per heavy atom. The number of aromatic nitrogens is 3. The van der Waals surface area contributed by atoms with E-state index in [0.29, 0.717) is 11.4 Å². The van der Waals surface area contributed by atoms with Crippen molar-refractivity contribution in [2.45, 2.75) is 44.4 Å². The van der Waals surface area contributed by atoms with Crippen LogP contribution >= 0.6 is 0 Å². The third-order valence-corrected chi connectivity index (χ3v) is 7.24. The number of nitrogens with one attached hydrogen (secondary N) is 1. The average Bonchev–Trinajstić information content (AvgIpc) is 3.71. The van der Waals surface area contributed by atoms with E-state index in [1.807, 2.05) is 48.5 Å². The first kappa shape index (κ1) is 27.9. The van der Waals surface area contributed by atoms with E-state index in [2.05, 4.69) is 15.6 Å². The number of esters is 1. The second-order valence-corrected chi connectivity index (χ2v) is 9.93. The topological polar surface area (TPSA) is 95.3 Å². The van der Waals surface area contributed by atoms with E-state index in [0.717, 1.165) is 41.7 Å². The third-order valence-electron chi connectivity index (χ3n) is 7.24. The number of ether oxygens (including phenoxy) is 2. The number of aryl methyl sites for hydroxylation is 1. The van der Waals surface area contributed by atoms with Gasteiger partial charge in [0.15, 0.2) is 5.82 Å². The molecule has 1 fully saturated rings. The highest BCUT2D eigenvalue weighted by Crippen LogP contribution is 2.49. The molecule has 4 aromatic rings. The quantitative estimate of drug-likeness (QED) is 0.249. The van der Waals surface area contributed by atoms with Gasteiger partial charge in [-0.15, -0.1) is 5.10 Å². The molecule has 41 heavy (non-hydrogen) atoms. The van der Waals surface area contributed by atoms with Gasteiger partial charge in [0, 0.05) is 0 Å². The van der Waals surface area contributed by atoms with E-state index in [1.165, 1.54) is 30.8 Å². The second kappa shape index (κ2) is 10.7. The van der Waals surface area contributed by atoms with Crippen molar-refractivity contribution in [1.82, 2.24) is 15.0 Å². The molecule has 1 aliphatic carbocycles. The number of hydrogen-bond donors (Lipinski definition) is 1. The Morgan fingerprint density at radius 1 is 1.00 bits per heavy atom. The van der Waals surface area contributed by atoms with Crippen molar-refractivity contribution in [2.75, 3.05) is 12.4 Å². The van der Waals surface area contributed by atoms with E-state index in [4.69, 9.17) is 9.47 Å². The van der Waals surface area contributed by atoms with Crippen LogP contribution in [0.2, 0.25) is 0 Å². The first-order valence-corrected chi connectivity index (χ1v) is 12.9. The summed E-state index contributed by atoms with van der Waals surface area (Å²) in [6.07, 6.45) is -4.75. The molecule has 3 aromatic carbocycles. The zero-order valence-electron chi connectivity index (χ0n) is 22.5. The normalized spacial score (nSPS) is 14.7. The van der Waals surface area contributed by atoms with Gasteiger partial charge < -0.3 is 9.47 Å². The molecule has 1 amide bonds. The number of methoxy groups -OCH3 is 1. The zero-order chi connectivity index (χ0) is 29.4. The Kier molecular flexibility index (Phi) is 7.29. The van der Waals surface area contributed by atoms with Crippen molar-refractivity contribution >= 4 is 17.9 Å². The van der Waals surface area contributed by atoms with Crippen molar-refractivity contribution in [1.29, 1.82) is 0 Å². The van der Waals surface area contributed by atoms with E-state index in [1.54, 1.807) is 6.92 Å². The van der Waals surface area contributed by atoms with Crippen LogP contribution in [0.3, 0.4) is 0 Å². The molecule has 0 radical (unpaired) electrons. The number of hydrogen-bond acceptors (Lipinski definition) is 6. The maximum Gasteiger partial charge on any atom is 0.416 e. The van der Waals surface area contributed by atoms with Gasteiger partial charge in [-0.05, 0) is 73.2 Å². The van der Waals surface area contributed by atoms with Crippen LogP contribution in [0.5, 0.6) is 0 Å². The van der Waals surface area contributed by atoms with Gasteiger partial charge in [-0.1, -0.05) is 53.7 Å². The number of anilines is 1. The number of alkyl halides is 3. The summed E-state index contributed by atoms with van der Waals surface area (Å²) in [5.41, 5.74) is 2.73. The summed E-state index contributed by atoms with van der Waals surface area (Å²) in [4.78, 5) is 24.8. The van der Waals surface area contributed by atoms with Crippen molar-refractivity contribution in [3.05, 3.63) is 95.2 Å². The molecule has 1 saturated carbocycles. The van der Waals surface area contributed by atoms with Crippen molar-refractivity contribution < 1.29 is 32.2 Å². The number of amides is 1. The van der Waals surface area contributed by atoms with Gasteiger partial charge in [-0.3, -0.25) is 10.1 Å². The maximum absolute atomic E-state index is 13.1. The molecule has 0 bridgehead atoms. The average molecular weight is 565 g/mol. The lowest BCUT2D eigenvalue weighted by atomic mass is 9.94. The molecular weight excluding hydrogens is 537 g/mol. The number of rotatable bonds is 7. The summed E-state index contributed by atoms with van der Waals surface area (Å²) in [6, 6.07) is 19.9. The van der Waals surface area contributed by atoms with Gasteiger partial charge in [0.05, 0.1) is 23.8 Å². The number of benzene rings is 3. The molecule has 1 unspecified atom stereocenters. The summed E-state index contributed by atoms with van der Waals surface area (Å²) in [5, 5.41) is 10.8. The summed E-state index contributed by atoms with van der Waals surface area (Å²) in [5.74, 6) is 0.0528. The number of nitrogens with zero attached hydrogens (tertiary/aromatic N) is 3.